The van der Waals surface area contributed by atoms with Gasteiger partial charge < -0.3 is 9.47 Å². The van der Waals surface area contributed by atoms with Crippen LogP contribution < -0.4 is 9.47 Å². The molecule has 6 heteroatoms. The second kappa shape index (κ2) is 8.56. The Kier molecular flexibility index (Phi) is 5.52. The van der Waals surface area contributed by atoms with Crippen molar-refractivity contribution < 1.29 is 9.47 Å². The number of aryl methyl sites for hydroxylation is 3. The number of methoxy groups -OCH3 is 1. The molecule has 0 atom stereocenters. The average molecular weight is 386 g/mol. The zero-order valence-corrected chi connectivity index (χ0v) is 16.4. The van der Waals surface area contributed by atoms with Gasteiger partial charge in [0.15, 0.2) is 0 Å². The van der Waals surface area contributed by atoms with Gasteiger partial charge in [0.1, 0.15) is 5.75 Å². The van der Waals surface area contributed by atoms with E-state index in [1.165, 1.54) is 11.1 Å². The number of hydrogen-bond acceptors (Lipinski definition) is 5. The van der Waals surface area contributed by atoms with Crippen molar-refractivity contribution in [1.82, 2.24) is 19.7 Å². The summed E-state index contributed by atoms with van der Waals surface area (Å²) in [6.45, 7) is 0. The lowest BCUT2D eigenvalue weighted by Crippen LogP contribution is -1.95. The van der Waals surface area contributed by atoms with Crippen LogP contribution in [-0.2, 0) is 19.9 Å². The van der Waals surface area contributed by atoms with E-state index in [0.717, 1.165) is 29.7 Å². The smallest absolute Gasteiger partial charge is 0.227 e. The highest BCUT2D eigenvalue weighted by Gasteiger charge is 2.13. The van der Waals surface area contributed by atoms with Gasteiger partial charge in [0.05, 0.1) is 13.3 Å². The molecule has 146 valence electrons. The van der Waals surface area contributed by atoms with Crippen LogP contribution in [0.3, 0.4) is 0 Å². The molecule has 3 aromatic heterocycles. The first-order chi connectivity index (χ1) is 14.2. The lowest BCUT2D eigenvalue weighted by Gasteiger charge is -2.12. The molecule has 0 N–H and O–H groups in total. The van der Waals surface area contributed by atoms with Gasteiger partial charge >= 0.3 is 0 Å². The molecule has 0 spiro atoms. The molecule has 29 heavy (non-hydrogen) atoms. The van der Waals surface area contributed by atoms with Gasteiger partial charge in [0.25, 0.3) is 0 Å². The number of hydrogen-bond donors (Lipinski definition) is 0. The Hall–Kier alpha value is -3.67. The van der Waals surface area contributed by atoms with E-state index >= 15 is 0 Å². The highest BCUT2D eigenvalue weighted by molar-refractivity contribution is 5.73. The van der Waals surface area contributed by atoms with Crippen LogP contribution in [0.15, 0.2) is 73.3 Å². The second-order valence-corrected chi connectivity index (χ2v) is 6.68. The summed E-state index contributed by atoms with van der Waals surface area (Å²) >= 11 is 0. The van der Waals surface area contributed by atoms with Gasteiger partial charge in [-0.15, -0.1) is 0 Å². The minimum absolute atomic E-state index is 0.516. The molecular formula is C23H22N4O2. The van der Waals surface area contributed by atoms with E-state index in [9.17, 15) is 0 Å². The fraction of sp³-hybridized carbons (Fsp3) is 0.174. The molecule has 0 aliphatic rings. The van der Waals surface area contributed by atoms with E-state index in [2.05, 4.69) is 27.2 Å². The van der Waals surface area contributed by atoms with Crippen molar-refractivity contribution in [3.8, 4) is 28.6 Å². The van der Waals surface area contributed by atoms with E-state index in [-0.39, 0.29) is 0 Å². The second-order valence-electron chi connectivity index (χ2n) is 6.68. The summed E-state index contributed by atoms with van der Waals surface area (Å²) in [6.07, 6.45) is 9.28. The van der Waals surface area contributed by atoms with Crippen LogP contribution >= 0.6 is 0 Å². The Morgan fingerprint density at radius 2 is 1.48 bits per heavy atom. The van der Waals surface area contributed by atoms with Crippen molar-refractivity contribution in [2.75, 3.05) is 7.11 Å². The van der Waals surface area contributed by atoms with Crippen LogP contribution in [0.25, 0.3) is 11.1 Å². The summed E-state index contributed by atoms with van der Waals surface area (Å²) in [7, 11) is 3.54. The summed E-state index contributed by atoms with van der Waals surface area (Å²) in [4.78, 5) is 8.68. The molecule has 0 bridgehead atoms. The van der Waals surface area contributed by atoms with E-state index in [0.29, 0.717) is 11.8 Å². The first-order valence-electron chi connectivity index (χ1n) is 9.41. The maximum Gasteiger partial charge on any atom is 0.227 e. The van der Waals surface area contributed by atoms with Crippen molar-refractivity contribution in [3.63, 3.8) is 0 Å². The first-order valence-corrected chi connectivity index (χ1v) is 9.41. The SMILES string of the molecule is COc1ncccc1-c1cccnc1Oc1ccc(CCc2cnn(C)c2)cc1. The first kappa shape index (κ1) is 18.7. The van der Waals surface area contributed by atoms with Crippen molar-refractivity contribution in [2.45, 2.75) is 12.8 Å². The minimum atomic E-state index is 0.516. The molecule has 0 aliphatic heterocycles. The van der Waals surface area contributed by atoms with Crippen molar-refractivity contribution in [3.05, 3.63) is 84.4 Å². The van der Waals surface area contributed by atoms with Crippen LogP contribution in [0.2, 0.25) is 0 Å². The van der Waals surface area contributed by atoms with Crippen molar-refractivity contribution in [2.24, 2.45) is 7.05 Å². The van der Waals surface area contributed by atoms with Gasteiger partial charge in [-0.2, -0.15) is 5.10 Å². The van der Waals surface area contributed by atoms with Gasteiger partial charge in [-0.25, -0.2) is 9.97 Å². The molecule has 0 saturated carbocycles. The molecule has 1 aromatic carbocycles. The van der Waals surface area contributed by atoms with Crippen LogP contribution in [0, 0.1) is 0 Å². The third-order valence-corrected chi connectivity index (χ3v) is 4.62. The number of nitrogens with zero attached hydrogens (tertiary/aromatic N) is 4. The highest BCUT2D eigenvalue weighted by Crippen LogP contribution is 2.35. The lowest BCUT2D eigenvalue weighted by molar-refractivity contribution is 0.399. The van der Waals surface area contributed by atoms with Crippen LogP contribution in [0.5, 0.6) is 17.5 Å². The molecule has 3 heterocycles. The van der Waals surface area contributed by atoms with E-state index in [1.54, 1.807) is 19.5 Å². The van der Waals surface area contributed by atoms with E-state index in [4.69, 9.17) is 9.47 Å². The van der Waals surface area contributed by atoms with E-state index in [1.807, 2.05) is 60.5 Å². The van der Waals surface area contributed by atoms with Crippen molar-refractivity contribution in [1.29, 1.82) is 0 Å². The summed E-state index contributed by atoms with van der Waals surface area (Å²) in [5.41, 5.74) is 4.15. The van der Waals surface area contributed by atoms with Gasteiger partial charge in [0, 0.05) is 36.8 Å². The summed E-state index contributed by atoms with van der Waals surface area (Å²) in [6, 6.07) is 15.7. The number of rotatable bonds is 7. The third kappa shape index (κ3) is 4.43. The third-order valence-electron chi connectivity index (χ3n) is 4.62. The molecule has 0 radical (unpaired) electrons. The van der Waals surface area contributed by atoms with Gasteiger partial charge in [-0.05, 0) is 60.4 Å². The maximum absolute atomic E-state index is 6.08. The number of ether oxygens (including phenoxy) is 2. The largest absolute Gasteiger partial charge is 0.481 e. The monoisotopic (exact) mass is 386 g/mol. The molecular weight excluding hydrogens is 364 g/mol. The Bertz CT molecular complexity index is 1090. The Balaban J connectivity index is 1.50. The highest BCUT2D eigenvalue weighted by atomic mass is 16.5. The summed E-state index contributed by atoms with van der Waals surface area (Å²) in [5.74, 6) is 1.79. The van der Waals surface area contributed by atoms with Crippen LogP contribution in [-0.4, -0.2) is 26.9 Å². The van der Waals surface area contributed by atoms with Crippen LogP contribution in [0.1, 0.15) is 11.1 Å². The van der Waals surface area contributed by atoms with Crippen LogP contribution in [0.4, 0.5) is 0 Å². The normalized spacial score (nSPS) is 10.7. The average Bonchev–Trinajstić information content (AvgIpc) is 3.19. The van der Waals surface area contributed by atoms with Gasteiger partial charge in [-0.3, -0.25) is 4.68 Å². The van der Waals surface area contributed by atoms with Gasteiger partial charge in [-0.1, -0.05) is 12.1 Å². The quantitative estimate of drug-likeness (QED) is 0.469. The Morgan fingerprint density at radius 1 is 0.828 bits per heavy atom. The Labute approximate surface area is 169 Å². The minimum Gasteiger partial charge on any atom is -0.481 e. The standard InChI is InChI=1S/C23H22N4O2/c1-27-16-18(15-26-27)8-7-17-9-11-19(12-10-17)29-23-21(6-4-14-25-23)20-5-3-13-24-22(20)28-2/h3-6,9-16H,7-8H2,1-2H3. The molecule has 4 aromatic rings. The molecule has 0 saturated heterocycles. The molecule has 0 unspecified atom stereocenters. The molecule has 0 aliphatic carbocycles. The summed E-state index contributed by atoms with van der Waals surface area (Å²) < 4.78 is 13.3. The predicted octanol–water partition coefficient (Wildman–Crippen LogP) is 4.46. The summed E-state index contributed by atoms with van der Waals surface area (Å²) in [5, 5.41) is 4.21. The number of benzene rings is 1. The molecule has 4 rings (SSSR count). The van der Waals surface area contributed by atoms with E-state index < -0.39 is 0 Å². The lowest BCUT2D eigenvalue weighted by atomic mass is 10.1. The number of aromatic nitrogens is 4. The molecule has 6 nitrogen and oxygen atoms in total. The fourth-order valence-electron chi connectivity index (χ4n) is 3.16. The zero-order valence-electron chi connectivity index (χ0n) is 16.4. The Morgan fingerprint density at radius 3 is 2.14 bits per heavy atom. The van der Waals surface area contributed by atoms with Crippen molar-refractivity contribution >= 4 is 0 Å². The number of pyridine rings is 2. The molecule has 0 amide bonds. The van der Waals surface area contributed by atoms with Gasteiger partial charge in [0.2, 0.25) is 11.8 Å². The topological polar surface area (TPSA) is 62.1 Å². The zero-order chi connectivity index (χ0) is 20.1. The maximum atomic E-state index is 6.08. The fourth-order valence-corrected chi connectivity index (χ4v) is 3.16. The molecule has 0 fully saturated rings. The predicted molar refractivity (Wildman–Crippen MR) is 111 cm³/mol.